The lowest BCUT2D eigenvalue weighted by Gasteiger charge is -2.35. The van der Waals surface area contributed by atoms with Gasteiger partial charge in [0.1, 0.15) is 6.61 Å². The van der Waals surface area contributed by atoms with E-state index in [-0.39, 0.29) is 18.1 Å². The van der Waals surface area contributed by atoms with Crippen molar-refractivity contribution in [1.82, 2.24) is 9.80 Å². The molecule has 27 heavy (non-hydrogen) atoms. The minimum atomic E-state index is -0.232. The summed E-state index contributed by atoms with van der Waals surface area (Å²) in [7, 11) is 0. The SMILES string of the molecule is C#CC(C)N1CCN(C(=O)OCC2c3ccccc3-c3ccccc32)CC1. The molecule has 1 aliphatic carbocycles. The second kappa shape index (κ2) is 7.46. The molecular formula is C23H24N2O2. The first-order valence-corrected chi connectivity index (χ1v) is 9.49. The highest BCUT2D eigenvalue weighted by Crippen LogP contribution is 2.44. The van der Waals surface area contributed by atoms with E-state index < -0.39 is 0 Å². The smallest absolute Gasteiger partial charge is 0.409 e. The lowest BCUT2D eigenvalue weighted by atomic mass is 9.98. The van der Waals surface area contributed by atoms with E-state index in [2.05, 4.69) is 47.2 Å². The monoisotopic (exact) mass is 360 g/mol. The first-order chi connectivity index (χ1) is 13.2. The third kappa shape index (κ3) is 3.31. The number of carbonyl (C=O) groups excluding carboxylic acids is 1. The number of hydrogen-bond acceptors (Lipinski definition) is 3. The molecule has 1 amide bonds. The summed E-state index contributed by atoms with van der Waals surface area (Å²) in [5, 5.41) is 0. The summed E-state index contributed by atoms with van der Waals surface area (Å²) in [6.45, 7) is 5.27. The summed E-state index contributed by atoms with van der Waals surface area (Å²) >= 11 is 0. The standard InChI is InChI=1S/C23H24N2O2/c1-3-17(2)24-12-14-25(15-13-24)23(26)27-16-22-20-10-6-4-8-18(20)19-9-5-7-11-21(19)22/h1,4-11,17,22H,12-16H2,2H3. The molecule has 138 valence electrons. The molecule has 1 aliphatic heterocycles. The maximum absolute atomic E-state index is 12.6. The molecule has 1 unspecified atom stereocenters. The summed E-state index contributed by atoms with van der Waals surface area (Å²) in [4.78, 5) is 16.6. The lowest BCUT2D eigenvalue weighted by Crippen LogP contribution is -2.51. The zero-order chi connectivity index (χ0) is 18.8. The number of piperazine rings is 1. The first-order valence-electron chi connectivity index (χ1n) is 9.49. The number of rotatable bonds is 3. The summed E-state index contributed by atoms with van der Waals surface area (Å²) in [5.74, 6) is 2.85. The average Bonchev–Trinajstić information content (AvgIpc) is 3.05. The summed E-state index contributed by atoms with van der Waals surface area (Å²) < 4.78 is 5.73. The molecule has 0 N–H and O–H groups in total. The topological polar surface area (TPSA) is 32.8 Å². The molecule has 0 radical (unpaired) electrons. The molecule has 2 aromatic rings. The van der Waals surface area contributed by atoms with Gasteiger partial charge in [0.05, 0.1) is 6.04 Å². The van der Waals surface area contributed by atoms with Crippen molar-refractivity contribution >= 4 is 6.09 Å². The van der Waals surface area contributed by atoms with Crippen LogP contribution in [0.5, 0.6) is 0 Å². The second-order valence-corrected chi connectivity index (χ2v) is 7.17. The van der Waals surface area contributed by atoms with E-state index >= 15 is 0 Å². The lowest BCUT2D eigenvalue weighted by molar-refractivity contribution is 0.0706. The molecule has 0 bridgehead atoms. The third-order valence-electron chi connectivity index (χ3n) is 5.70. The van der Waals surface area contributed by atoms with Crippen LogP contribution in [-0.4, -0.2) is 54.7 Å². The van der Waals surface area contributed by atoms with Crippen LogP contribution < -0.4 is 0 Å². The molecule has 0 spiro atoms. The van der Waals surface area contributed by atoms with Crippen molar-refractivity contribution in [2.45, 2.75) is 18.9 Å². The van der Waals surface area contributed by atoms with Gasteiger partial charge >= 0.3 is 6.09 Å². The molecule has 0 aromatic heterocycles. The zero-order valence-corrected chi connectivity index (χ0v) is 15.6. The van der Waals surface area contributed by atoms with Gasteiger partial charge in [-0.15, -0.1) is 6.42 Å². The normalized spacial score (nSPS) is 17.7. The van der Waals surface area contributed by atoms with Gasteiger partial charge in [0.15, 0.2) is 0 Å². The Hall–Kier alpha value is -2.77. The number of fused-ring (bicyclic) bond motifs is 3. The van der Waals surface area contributed by atoms with Crippen molar-refractivity contribution in [2.75, 3.05) is 32.8 Å². The van der Waals surface area contributed by atoms with Gasteiger partial charge in [-0.05, 0) is 29.2 Å². The van der Waals surface area contributed by atoms with Crippen LogP contribution >= 0.6 is 0 Å². The van der Waals surface area contributed by atoms with Gasteiger partial charge in [-0.1, -0.05) is 54.5 Å². The minimum absolute atomic E-state index is 0.101. The van der Waals surface area contributed by atoms with Crippen LogP contribution in [0.25, 0.3) is 11.1 Å². The molecule has 1 heterocycles. The molecule has 1 saturated heterocycles. The van der Waals surface area contributed by atoms with Crippen LogP contribution in [0.3, 0.4) is 0 Å². The van der Waals surface area contributed by atoms with Crippen LogP contribution in [0.15, 0.2) is 48.5 Å². The number of benzene rings is 2. The number of ether oxygens (including phenoxy) is 1. The maximum atomic E-state index is 12.6. The van der Waals surface area contributed by atoms with Crippen molar-refractivity contribution in [3.05, 3.63) is 59.7 Å². The van der Waals surface area contributed by atoms with Gasteiger partial charge in [-0.2, -0.15) is 0 Å². The molecule has 1 fully saturated rings. The van der Waals surface area contributed by atoms with Crippen LogP contribution in [0, 0.1) is 12.3 Å². The minimum Gasteiger partial charge on any atom is -0.448 e. The van der Waals surface area contributed by atoms with Gasteiger partial charge in [0.25, 0.3) is 0 Å². The second-order valence-electron chi connectivity index (χ2n) is 7.17. The summed E-state index contributed by atoms with van der Waals surface area (Å²) in [6.07, 6.45) is 5.26. The Balaban J connectivity index is 1.41. The van der Waals surface area contributed by atoms with Gasteiger partial charge in [-0.3, -0.25) is 4.90 Å². The van der Waals surface area contributed by atoms with Gasteiger partial charge in [-0.25, -0.2) is 4.79 Å². The molecule has 0 saturated carbocycles. The highest BCUT2D eigenvalue weighted by atomic mass is 16.6. The Morgan fingerprint density at radius 3 is 2.19 bits per heavy atom. The summed E-state index contributed by atoms with van der Waals surface area (Å²) in [5.41, 5.74) is 4.95. The highest BCUT2D eigenvalue weighted by Gasteiger charge is 2.30. The Bertz CT molecular complexity index is 832. The van der Waals surface area contributed by atoms with E-state index in [1.165, 1.54) is 22.3 Å². The Morgan fingerprint density at radius 1 is 1.07 bits per heavy atom. The van der Waals surface area contributed by atoms with Crippen LogP contribution in [0.4, 0.5) is 4.79 Å². The average molecular weight is 360 g/mol. The van der Waals surface area contributed by atoms with Gasteiger partial charge in [0, 0.05) is 32.1 Å². The number of terminal acetylenes is 1. The predicted octanol–water partition coefficient (Wildman–Crippen LogP) is 3.57. The van der Waals surface area contributed by atoms with E-state index in [4.69, 9.17) is 11.2 Å². The zero-order valence-electron chi connectivity index (χ0n) is 15.6. The fraction of sp³-hybridized carbons (Fsp3) is 0.348. The predicted molar refractivity (Wildman–Crippen MR) is 107 cm³/mol. The quantitative estimate of drug-likeness (QED) is 0.785. The van der Waals surface area contributed by atoms with E-state index in [1.54, 1.807) is 4.90 Å². The molecule has 4 rings (SSSR count). The van der Waals surface area contributed by atoms with Gasteiger partial charge in [0.2, 0.25) is 0 Å². The van der Waals surface area contributed by atoms with Crippen LogP contribution in [-0.2, 0) is 4.74 Å². The molecule has 2 aliphatic rings. The van der Waals surface area contributed by atoms with E-state index in [0.717, 1.165) is 13.1 Å². The first kappa shape index (κ1) is 17.6. The van der Waals surface area contributed by atoms with Crippen LogP contribution in [0.2, 0.25) is 0 Å². The largest absolute Gasteiger partial charge is 0.448 e. The highest BCUT2D eigenvalue weighted by molar-refractivity contribution is 5.79. The van der Waals surface area contributed by atoms with E-state index in [1.807, 2.05) is 19.1 Å². The molecule has 2 aromatic carbocycles. The molecular weight excluding hydrogens is 336 g/mol. The van der Waals surface area contributed by atoms with Crippen molar-refractivity contribution in [3.8, 4) is 23.5 Å². The fourth-order valence-corrected chi connectivity index (χ4v) is 4.08. The van der Waals surface area contributed by atoms with Gasteiger partial charge < -0.3 is 9.64 Å². The Morgan fingerprint density at radius 2 is 1.63 bits per heavy atom. The van der Waals surface area contributed by atoms with Crippen molar-refractivity contribution in [1.29, 1.82) is 0 Å². The number of amides is 1. The summed E-state index contributed by atoms with van der Waals surface area (Å²) in [6, 6.07) is 16.9. The Kier molecular flexibility index (Phi) is 4.87. The fourth-order valence-electron chi connectivity index (χ4n) is 4.08. The van der Waals surface area contributed by atoms with E-state index in [0.29, 0.717) is 19.7 Å². The molecule has 4 heteroatoms. The number of carbonyl (C=O) groups is 1. The maximum Gasteiger partial charge on any atom is 0.409 e. The van der Waals surface area contributed by atoms with Crippen molar-refractivity contribution in [2.24, 2.45) is 0 Å². The number of nitrogens with zero attached hydrogens (tertiary/aromatic N) is 2. The molecule has 1 atom stereocenters. The third-order valence-corrected chi connectivity index (χ3v) is 5.70. The molecule has 4 nitrogen and oxygen atoms in total. The number of hydrogen-bond donors (Lipinski definition) is 0. The van der Waals surface area contributed by atoms with E-state index in [9.17, 15) is 4.79 Å². The van der Waals surface area contributed by atoms with Crippen LogP contribution in [0.1, 0.15) is 24.0 Å². The van der Waals surface area contributed by atoms with Crippen molar-refractivity contribution < 1.29 is 9.53 Å². The Labute approximate surface area is 160 Å². The van der Waals surface area contributed by atoms with Crippen molar-refractivity contribution in [3.63, 3.8) is 0 Å².